The van der Waals surface area contributed by atoms with Crippen LogP contribution < -0.4 is 5.32 Å². The topological polar surface area (TPSA) is 32.3 Å². The van der Waals surface area contributed by atoms with Gasteiger partial charge in [-0.05, 0) is 33.6 Å². The summed E-state index contributed by atoms with van der Waals surface area (Å²) in [6.07, 6.45) is 6.33. The van der Waals surface area contributed by atoms with Gasteiger partial charge in [0.25, 0.3) is 0 Å². The lowest BCUT2D eigenvalue weighted by Gasteiger charge is -2.36. The van der Waals surface area contributed by atoms with Crippen LogP contribution in [0.1, 0.15) is 52.9 Å². The summed E-state index contributed by atoms with van der Waals surface area (Å²) in [6, 6.07) is 0.623. The minimum Gasteiger partial charge on any atom is -0.392 e. The number of rotatable bonds is 3. The number of aliphatic hydroxyl groups excluding tert-OH is 1. The highest BCUT2D eigenvalue weighted by Crippen LogP contribution is 2.20. The summed E-state index contributed by atoms with van der Waals surface area (Å²) in [5.74, 6) is 0. The van der Waals surface area contributed by atoms with Crippen LogP contribution in [0.2, 0.25) is 0 Å². The van der Waals surface area contributed by atoms with Crippen molar-refractivity contribution >= 4 is 0 Å². The van der Waals surface area contributed by atoms with Crippen LogP contribution in [0.5, 0.6) is 0 Å². The molecule has 1 aliphatic carbocycles. The van der Waals surface area contributed by atoms with Crippen LogP contribution in [0.3, 0.4) is 0 Å². The lowest BCUT2D eigenvalue weighted by atomic mass is 9.91. The minimum atomic E-state index is -0.283. The van der Waals surface area contributed by atoms with Gasteiger partial charge < -0.3 is 10.4 Å². The fraction of sp³-hybridized carbons (Fsp3) is 1.00. The Hall–Kier alpha value is -0.0800. The predicted octanol–water partition coefficient (Wildman–Crippen LogP) is 2.07. The maximum atomic E-state index is 9.55. The van der Waals surface area contributed by atoms with Crippen molar-refractivity contribution in [1.82, 2.24) is 5.32 Å². The van der Waals surface area contributed by atoms with Crippen LogP contribution in [0.25, 0.3) is 0 Å². The van der Waals surface area contributed by atoms with Gasteiger partial charge in [0.1, 0.15) is 0 Å². The van der Waals surface area contributed by atoms with E-state index in [1.807, 2.05) is 6.92 Å². The van der Waals surface area contributed by atoms with E-state index in [4.69, 9.17) is 0 Å². The molecule has 0 heterocycles. The fourth-order valence-corrected chi connectivity index (χ4v) is 1.89. The Kier molecular flexibility index (Phi) is 3.74. The minimum absolute atomic E-state index is 0.137. The monoisotopic (exact) mass is 185 g/mol. The second kappa shape index (κ2) is 4.43. The summed E-state index contributed by atoms with van der Waals surface area (Å²) in [5, 5.41) is 13.1. The van der Waals surface area contributed by atoms with Gasteiger partial charge in [0, 0.05) is 11.6 Å². The van der Waals surface area contributed by atoms with Gasteiger partial charge in [0.05, 0.1) is 6.10 Å². The van der Waals surface area contributed by atoms with Crippen molar-refractivity contribution in [3.63, 3.8) is 0 Å². The summed E-state index contributed by atoms with van der Waals surface area (Å²) in [7, 11) is 0. The molecule has 0 aromatic rings. The molecule has 0 aromatic heterocycles. The van der Waals surface area contributed by atoms with E-state index in [1.165, 1.54) is 32.1 Å². The van der Waals surface area contributed by atoms with Crippen LogP contribution in [-0.2, 0) is 0 Å². The molecule has 1 aliphatic rings. The Morgan fingerprint density at radius 2 is 1.77 bits per heavy atom. The Morgan fingerprint density at radius 1 is 1.23 bits per heavy atom. The third-order valence-electron chi connectivity index (χ3n) is 3.23. The third-order valence-corrected chi connectivity index (χ3v) is 3.23. The Balaban J connectivity index is 2.37. The molecular weight excluding hydrogens is 162 g/mol. The number of aliphatic hydroxyl groups is 1. The molecule has 1 rings (SSSR count). The van der Waals surface area contributed by atoms with Gasteiger partial charge in [0.15, 0.2) is 0 Å². The molecule has 0 radical (unpaired) electrons. The highest BCUT2D eigenvalue weighted by molar-refractivity contribution is 4.87. The molecule has 2 nitrogen and oxygen atoms in total. The molecule has 13 heavy (non-hydrogen) atoms. The lowest BCUT2D eigenvalue weighted by molar-refractivity contribution is 0.0832. The van der Waals surface area contributed by atoms with Gasteiger partial charge in [-0.15, -0.1) is 0 Å². The normalized spacial score (nSPS) is 23.1. The first-order valence-electron chi connectivity index (χ1n) is 5.48. The molecule has 1 saturated carbocycles. The molecule has 0 aromatic carbocycles. The van der Waals surface area contributed by atoms with Gasteiger partial charge >= 0.3 is 0 Å². The van der Waals surface area contributed by atoms with E-state index in [2.05, 4.69) is 19.2 Å². The van der Waals surface area contributed by atoms with Crippen molar-refractivity contribution in [2.45, 2.75) is 70.6 Å². The summed E-state index contributed by atoms with van der Waals surface area (Å²) in [5.41, 5.74) is -0.137. The largest absolute Gasteiger partial charge is 0.392 e. The van der Waals surface area contributed by atoms with E-state index in [9.17, 15) is 5.11 Å². The SMILES string of the molecule is CC(O)C(C)(C)NC1CCCCC1. The first kappa shape index (κ1) is 11.0. The Bertz CT molecular complexity index is 148. The zero-order valence-electron chi connectivity index (χ0n) is 9.14. The van der Waals surface area contributed by atoms with E-state index < -0.39 is 0 Å². The summed E-state index contributed by atoms with van der Waals surface area (Å²) in [4.78, 5) is 0. The first-order valence-corrected chi connectivity index (χ1v) is 5.48. The third kappa shape index (κ3) is 3.28. The lowest BCUT2D eigenvalue weighted by Crippen LogP contribution is -2.53. The average molecular weight is 185 g/mol. The summed E-state index contributed by atoms with van der Waals surface area (Å²) in [6.45, 7) is 6.01. The second-order valence-electron chi connectivity index (χ2n) is 4.88. The second-order valence-corrected chi connectivity index (χ2v) is 4.88. The Labute approximate surface area is 81.7 Å². The van der Waals surface area contributed by atoms with Crippen molar-refractivity contribution in [2.75, 3.05) is 0 Å². The quantitative estimate of drug-likeness (QED) is 0.705. The maximum absolute atomic E-state index is 9.55. The number of hydrogen-bond acceptors (Lipinski definition) is 2. The molecule has 1 unspecified atom stereocenters. The standard InChI is InChI=1S/C11H23NO/c1-9(13)11(2,3)12-10-7-5-4-6-8-10/h9-10,12-13H,4-8H2,1-3H3. The van der Waals surface area contributed by atoms with Crippen LogP contribution in [0.4, 0.5) is 0 Å². The molecule has 0 aliphatic heterocycles. The van der Waals surface area contributed by atoms with E-state index in [1.54, 1.807) is 0 Å². The molecule has 0 bridgehead atoms. The summed E-state index contributed by atoms with van der Waals surface area (Å²) < 4.78 is 0. The molecule has 2 heteroatoms. The van der Waals surface area contributed by atoms with Crippen LogP contribution >= 0.6 is 0 Å². The highest BCUT2D eigenvalue weighted by atomic mass is 16.3. The maximum Gasteiger partial charge on any atom is 0.0688 e. The van der Waals surface area contributed by atoms with E-state index in [0.717, 1.165) is 0 Å². The summed E-state index contributed by atoms with van der Waals surface area (Å²) >= 11 is 0. The van der Waals surface area contributed by atoms with Crippen molar-refractivity contribution in [3.8, 4) is 0 Å². The molecule has 2 N–H and O–H groups in total. The molecule has 1 atom stereocenters. The molecule has 0 saturated heterocycles. The van der Waals surface area contributed by atoms with Crippen molar-refractivity contribution in [3.05, 3.63) is 0 Å². The van der Waals surface area contributed by atoms with Crippen molar-refractivity contribution in [1.29, 1.82) is 0 Å². The fourth-order valence-electron chi connectivity index (χ4n) is 1.89. The average Bonchev–Trinajstić information content (AvgIpc) is 2.05. The van der Waals surface area contributed by atoms with Crippen molar-refractivity contribution in [2.24, 2.45) is 0 Å². The van der Waals surface area contributed by atoms with Crippen LogP contribution in [0, 0.1) is 0 Å². The predicted molar refractivity (Wildman–Crippen MR) is 55.8 cm³/mol. The van der Waals surface area contributed by atoms with Gasteiger partial charge in [0.2, 0.25) is 0 Å². The van der Waals surface area contributed by atoms with Gasteiger partial charge in [-0.3, -0.25) is 0 Å². The molecule has 78 valence electrons. The zero-order valence-corrected chi connectivity index (χ0v) is 9.14. The van der Waals surface area contributed by atoms with Crippen molar-refractivity contribution < 1.29 is 5.11 Å². The Morgan fingerprint density at radius 3 is 2.23 bits per heavy atom. The smallest absolute Gasteiger partial charge is 0.0688 e. The number of hydrogen-bond donors (Lipinski definition) is 2. The molecule has 1 fully saturated rings. The molecular formula is C11H23NO. The highest BCUT2D eigenvalue weighted by Gasteiger charge is 2.27. The zero-order chi connectivity index (χ0) is 9.90. The van der Waals surface area contributed by atoms with Crippen LogP contribution in [0.15, 0.2) is 0 Å². The van der Waals surface area contributed by atoms with Gasteiger partial charge in [-0.25, -0.2) is 0 Å². The number of nitrogens with one attached hydrogen (secondary N) is 1. The van der Waals surface area contributed by atoms with E-state index in [0.29, 0.717) is 6.04 Å². The molecule has 0 amide bonds. The van der Waals surface area contributed by atoms with Gasteiger partial charge in [-0.1, -0.05) is 19.3 Å². The van der Waals surface area contributed by atoms with Crippen LogP contribution in [-0.4, -0.2) is 22.8 Å². The first-order chi connectivity index (χ1) is 6.02. The van der Waals surface area contributed by atoms with Gasteiger partial charge in [-0.2, -0.15) is 0 Å². The molecule has 0 spiro atoms. The van der Waals surface area contributed by atoms with E-state index in [-0.39, 0.29) is 11.6 Å². The van der Waals surface area contributed by atoms with E-state index >= 15 is 0 Å².